The lowest BCUT2D eigenvalue weighted by Gasteiger charge is -2.09. The van der Waals surface area contributed by atoms with Crippen LogP contribution in [0, 0.1) is 5.92 Å². The van der Waals surface area contributed by atoms with Gasteiger partial charge in [0, 0.05) is 0 Å². The first kappa shape index (κ1) is 14.5. The normalized spacial score (nSPS) is 13.8. The van der Waals surface area contributed by atoms with Crippen molar-refractivity contribution in [1.29, 1.82) is 0 Å². The molecular formula is C15H28. The fourth-order valence-corrected chi connectivity index (χ4v) is 1.67. The van der Waals surface area contributed by atoms with E-state index in [-0.39, 0.29) is 0 Å². The Balaban J connectivity index is 3.49. The van der Waals surface area contributed by atoms with Gasteiger partial charge in [-0.1, -0.05) is 36.6 Å². The molecule has 0 radical (unpaired) electrons. The monoisotopic (exact) mass is 208 g/mol. The van der Waals surface area contributed by atoms with Gasteiger partial charge in [0.2, 0.25) is 0 Å². The van der Waals surface area contributed by atoms with Crippen LogP contribution in [-0.2, 0) is 0 Å². The quantitative estimate of drug-likeness (QED) is 0.484. The zero-order chi connectivity index (χ0) is 11.7. The molecule has 0 amide bonds. The molecule has 0 rings (SSSR count). The third-order valence-corrected chi connectivity index (χ3v) is 2.97. The van der Waals surface area contributed by atoms with Crippen LogP contribution >= 0.6 is 0 Å². The van der Waals surface area contributed by atoms with Crippen LogP contribution in [0.3, 0.4) is 0 Å². The van der Waals surface area contributed by atoms with Crippen LogP contribution in [0.25, 0.3) is 0 Å². The van der Waals surface area contributed by atoms with Crippen LogP contribution in [0.1, 0.15) is 66.7 Å². The third-order valence-electron chi connectivity index (χ3n) is 2.97. The standard InChI is InChI=1S/C15H28/c1-6-14(4)10-8-12-15(5)11-7-9-13(2)3/h6,9,15H,7-8,10-12H2,1-5H3. The summed E-state index contributed by atoms with van der Waals surface area (Å²) in [6.07, 6.45) is 11.2. The number of rotatable bonds is 7. The van der Waals surface area contributed by atoms with Crippen molar-refractivity contribution >= 4 is 0 Å². The van der Waals surface area contributed by atoms with E-state index in [1.807, 2.05) is 0 Å². The molecule has 0 bridgehead atoms. The van der Waals surface area contributed by atoms with E-state index >= 15 is 0 Å². The van der Waals surface area contributed by atoms with E-state index in [1.54, 1.807) is 0 Å². The smallest absolute Gasteiger partial charge is 0.0323 e. The molecule has 0 N–H and O–H groups in total. The summed E-state index contributed by atoms with van der Waals surface area (Å²) in [5, 5.41) is 0. The van der Waals surface area contributed by atoms with Gasteiger partial charge in [0.05, 0.1) is 0 Å². The minimum Gasteiger partial charge on any atom is -0.0887 e. The van der Waals surface area contributed by atoms with Gasteiger partial charge in [-0.3, -0.25) is 0 Å². The molecule has 0 heterocycles. The highest BCUT2D eigenvalue weighted by Gasteiger charge is 2.00. The second-order valence-electron chi connectivity index (χ2n) is 4.99. The Labute approximate surface area is 96.5 Å². The van der Waals surface area contributed by atoms with Crippen LogP contribution in [0.2, 0.25) is 0 Å². The van der Waals surface area contributed by atoms with Crippen molar-refractivity contribution < 1.29 is 0 Å². The zero-order valence-electron chi connectivity index (χ0n) is 11.3. The molecule has 0 aliphatic carbocycles. The molecule has 0 fully saturated rings. The van der Waals surface area contributed by atoms with Gasteiger partial charge >= 0.3 is 0 Å². The molecule has 1 atom stereocenters. The van der Waals surface area contributed by atoms with Gasteiger partial charge in [-0.05, 0) is 59.3 Å². The Morgan fingerprint density at radius 1 is 1.13 bits per heavy atom. The van der Waals surface area contributed by atoms with Crippen molar-refractivity contribution in [1.82, 2.24) is 0 Å². The summed E-state index contributed by atoms with van der Waals surface area (Å²) in [5.74, 6) is 0.880. The van der Waals surface area contributed by atoms with E-state index in [4.69, 9.17) is 0 Å². The maximum atomic E-state index is 2.38. The van der Waals surface area contributed by atoms with Gasteiger partial charge in [-0.15, -0.1) is 0 Å². The molecule has 15 heavy (non-hydrogen) atoms. The summed E-state index contributed by atoms with van der Waals surface area (Å²) in [6, 6.07) is 0. The number of hydrogen-bond donors (Lipinski definition) is 0. The minimum absolute atomic E-state index is 0.880. The van der Waals surface area contributed by atoms with Crippen molar-refractivity contribution in [2.45, 2.75) is 66.7 Å². The average Bonchev–Trinajstić information content (AvgIpc) is 2.17. The number of hydrogen-bond acceptors (Lipinski definition) is 0. The molecule has 88 valence electrons. The van der Waals surface area contributed by atoms with E-state index in [1.165, 1.54) is 43.3 Å². The fraction of sp³-hybridized carbons (Fsp3) is 0.733. The molecule has 0 spiro atoms. The largest absolute Gasteiger partial charge is 0.0887 e. The first-order valence-electron chi connectivity index (χ1n) is 6.31. The summed E-state index contributed by atoms with van der Waals surface area (Å²) in [5.41, 5.74) is 2.98. The predicted molar refractivity (Wildman–Crippen MR) is 71.1 cm³/mol. The lowest BCUT2D eigenvalue weighted by molar-refractivity contribution is 0.478. The number of allylic oxidation sites excluding steroid dienone is 4. The molecule has 0 aliphatic rings. The molecule has 0 saturated carbocycles. The maximum absolute atomic E-state index is 2.38. The summed E-state index contributed by atoms with van der Waals surface area (Å²) in [4.78, 5) is 0. The van der Waals surface area contributed by atoms with E-state index in [9.17, 15) is 0 Å². The molecule has 0 aromatic carbocycles. The molecule has 0 heteroatoms. The van der Waals surface area contributed by atoms with Gasteiger partial charge in [-0.2, -0.15) is 0 Å². The van der Waals surface area contributed by atoms with Gasteiger partial charge < -0.3 is 0 Å². The topological polar surface area (TPSA) is 0 Å². The Kier molecular flexibility index (Phi) is 8.46. The zero-order valence-corrected chi connectivity index (χ0v) is 11.3. The minimum atomic E-state index is 0.880. The molecule has 0 aromatic rings. The summed E-state index contributed by atoms with van der Waals surface area (Å²) >= 11 is 0. The molecule has 1 unspecified atom stereocenters. The van der Waals surface area contributed by atoms with E-state index in [0.717, 1.165) is 5.92 Å². The first-order valence-corrected chi connectivity index (χ1v) is 6.31. The van der Waals surface area contributed by atoms with E-state index in [0.29, 0.717) is 0 Å². The van der Waals surface area contributed by atoms with Crippen molar-refractivity contribution in [2.24, 2.45) is 5.92 Å². The summed E-state index contributed by atoms with van der Waals surface area (Å²) < 4.78 is 0. The fourth-order valence-electron chi connectivity index (χ4n) is 1.67. The summed E-state index contributed by atoms with van der Waals surface area (Å²) in [6.45, 7) is 11.1. The second-order valence-corrected chi connectivity index (χ2v) is 4.99. The Morgan fingerprint density at radius 3 is 2.33 bits per heavy atom. The highest BCUT2D eigenvalue weighted by molar-refractivity contribution is 4.95. The van der Waals surface area contributed by atoms with Crippen LogP contribution in [0.4, 0.5) is 0 Å². The summed E-state index contributed by atoms with van der Waals surface area (Å²) in [7, 11) is 0. The molecule has 0 nitrogen and oxygen atoms in total. The van der Waals surface area contributed by atoms with Crippen molar-refractivity contribution in [3.63, 3.8) is 0 Å². The van der Waals surface area contributed by atoms with Gasteiger partial charge in [-0.25, -0.2) is 0 Å². The van der Waals surface area contributed by atoms with Gasteiger partial charge in [0.1, 0.15) is 0 Å². The van der Waals surface area contributed by atoms with E-state index < -0.39 is 0 Å². The Bertz CT molecular complexity index is 204. The van der Waals surface area contributed by atoms with Crippen LogP contribution in [0.5, 0.6) is 0 Å². The Morgan fingerprint density at radius 2 is 1.80 bits per heavy atom. The van der Waals surface area contributed by atoms with E-state index in [2.05, 4.69) is 46.8 Å². The average molecular weight is 208 g/mol. The molecule has 0 aromatic heterocycles. The highest BCUT2D eigenvalue weighted by Crippen LogP contribution is 2.17. The first-order chi connectivity index (χ1) is 7.06. The second kappa shape index (κ2) is 8.76. The SMILES string of the molecule is CC=C(C)CCCC(C)CCC=C(C)C. The van der Waals surface area contributed by atoms with Gasteiger partial charge in [0.25, 0.3) is 0 Å². The van der Waals surface area contributed by atoms with Crippen molar-refractivity contribution in [3.05, 3.63) is 23.3 Å². The molecule has 0 saturated heterocycles. The van der Waals surface area contributed by atoms with Crippen LogP contribution in [-0.4, -0.2) is 0 Å². The maximum Gasteiger partial charge on any atom is -0.0323 e. The molecular weight excluding hydrogens is 180 g/mol. The van der Waals surface area contributed by atoms with Gasteiger partial charge in [0.15, 0.2) is 0 Å². The van der Waals surface area contributed by atoms with Crippen molar-refractivity contribution in [3.8, 4) is 0 Å². The third kappa shape index (κ3) is 9.78. The van der Waals surface area contributed by atoms with Crippen LogP contribution < -0.4 is 0 Å². The van der Waals surface area contributed by atoms with Crippen molar-refractivity contribution in [2.75, 3.05) is 0 Å². The predicted octanol–water partition coefficient (Wildman–Crippen LogP) is 5.51. The Hall–Kier alpha value is -0.520. The highest BCUT2D eigenvalue weighted by atomic mass is 14.1. The molecule has 0 aliphatic heterocycles. The van der Waals surface area contributed by atoms with Crippen LogP contribution in [0.15, 0.2) is 23.3 Å². The lowest BCUT2D eigenvalue weighted by Crippen LogP contribution is -1.94. The lowest BCUT2D eigenvalue weighted by atomic mass is 9.97.